The number of amides is 1. The zero-order chi connectivity index (χ0) is 18.4. The fourth-order valence-electron chi connectivity index (χ4n) is 2.85. The Bertz CT molecular complexity index is 787. The van der Waals surface area contributed by atoms with E-state index in [1.54, 1.807) is 29.2 Å². The number of Topliss-reactive ketones (excluding diaryl/α,β-unsaturated/α-hetero) is 1. The van der Waals surface area contributed by atoms with E-state index in [1.807, 2.05) is 30.3 Å². The Hall–Kier alpha value is -2.95. The molecule has 0 N–H and O–H groups in total. The lowest BCUT2D eigenvalue weighted by Gasteiger charge is -2.32. The predicted molar refractivity (Wildman–Crippen MR) is 96.8 cm³/mol. The fourth-order valence-corrected chi connectivity index (χ4v) is 2.85. The van der Waals surface area contributed by atoms with Crippen LogP contribution in [-0.2, 0) is 16.1 Å². The molecule has 1 aliphatic rings. The molecular formula is C21H20FNO3. The van der Waals surface area contributed by atoms with Gasteiger partial charge in [0.05, 0.1) is 6.04 Å². The van der Waals surface area contributed by atoms with Crippen molar-refractivity contribution in [3.63, 3.8) is 0 Å². The monoisotopic (exact) mass is 353 g/mol. The van der Waals surface area contributed by atoms with Gasteiger partial charge in [-0.2, -0.15) is 0 Å². The van der Waals surface area contributed by atoms with Crippen molar-refractivity contribution in [1.29, 1.82) is 0 Å². The Morgan fingerprint density at radius 2 is 1.88 bits per heavy atom. The van der Waals surface area contributed by atoms with Gasteiger partial charge in [-0.3, -0.25) is 4.79 Å². The lowest BCUT2D eigenvalue weighted by molar-refractivity contribution is -0.122. The highest BCUT2D eigenvalue weighted by Gasteiger charge is 2.29. The summed E-state index contributed by atoms with van der Waals surface area (Å²) in [5, 5.41) is 0. The number of halogens is 1. The van der Waals surface area contributed by atoms with E-state index in [9.17, 15) is 14.0 Å². The summed E-state index contributed by atoms with van der Waals surface area (Å²) in [6.07, 6.45) is 3.75. The van der Waals surface area contributed by atoms with Crippen LogP contribution in [0.4, 0.5) is 9.18 Å². The van der Waals surface area contributed by atoms with Gasteiger partial charge in [0.15, 0.2) is 0 Å². The predicted octanol–water partition coefficient (Wildman–Crippen LogP) is 4.21. The number of benzene rings is 2. The molecule has 26 heavy (non-hydrogen) atoms. The highest BCUT2D eigenvalue weighted by atomic mass is 19.1. The Kier molecular flexibility index (Phi) is 5.79. The van der Waals surface area contributed by atoms with Crippen LogP contribution < -0.4 is 0 Å². The van der Waals surface area contributed by atoms with Crippen molar-refractivity contribution >= 4 is 18.0 Å². The number of hydrogen-bond acceptors (Lipinski definition) is 3. The number of ketones is 1. The molecule has 2 aromatic carbocycles. The molecule has 0 saturated carbocycles. The molecule has 5 heteroatoms. The van der Waals surface area contributed by atoms with Crippen molar-refractivity contribution < 1.29 is 18.7 Å². The first kappa shape index (κ1) is 17.9. The number of rotatable bonds is 4. The fraction of sp³-hybridized carbons (Fsp3) is 0.238. The average Bonchev–Trinajstić information content (AvgIpc) is 2.66. The first-order valence-electron chi connectivity index (χ1n) is 8.54. The van der Waals surface area contributed by atoms with Gasteiger partial charge < -0.3 is 9.64 Å². The molecule has 4 nitrogen and oxygen atoms in total. The smallest absolute Gasteiger partial charge is 0.410 e. The van der Waals surface area contributed by atoms with E-state index in [0.29, 0.717) is 13.0 Å². The van der Waals surface area contributed by atoms with E-state index in [0.717, 1.165) is 11.1 Å². The minimum Gasteiger partial charge on any atom is -0.445 e. The van der Waals surface area contributed by atoms with Crippen LogP contribution in [0.2, 0.25) is 0 Å². The van der Waals surface area contributed by atoms with Crippen molar-refractivity contribution in [3.8, 4) is 0 Å². The molecule has 1 aliphatic heterocycles. The molecule has 3 rings (SSSR count). The van der Waals surface area contributed by atoms with Crippen LogP contribution in [0.25, 0.3) is 6.08 Å². The van der Waals surface area contributed by atoms with Gasteiger partial charge in [0.2, 0.25) is 0 Å². The van der Waals surface area contributed by atoms with Crippen molar-refractivity contribution in [2.45, 2.75) is 25.5 Å². The summed E-state index contributed by atoms with van der Waals surface area (Å²) in [4.78, 5) is 25.8. The number of ether oxygens (including phenoxy) is 1. The van der Waals surface area contributed by atoms with Gasteiger partial charge in [0, 0.05) is 19.4 Å². The Labute approximate surface area is 151 Å². The quantitative estimate of drug-likeness (QED) is 0.827. The highest BCUT2D eigenvalue weighted by molar-refractivity contribution is 5.83. The molecule has 134 valence electrons. The third kappa shape index (κ3) is 4.79. The summed E-state index contributed by atoms with van der Waals surface area (Å²) in [6.45, 7) is 0.531. The topological polar surface area (TPSA) is 46.6 Å². The van der Waals surface area contributed by atoms with Crippen molar-refractivity contribution in [1.82, 2.24) is 4.90 Å². The molecule has 1 saturated heterocycles. The summed E-state index contributed by atoms with van der Waals surface area (Å²) in [5.41, 5.74) is 1.72. The molecule has 0 spiro atoms. The van der Waals surface area contributed by atoms with E-state index in [1.165, 1.54) is 12.1 Å². The van der Waals surface area contributed by atoms with Gasteiger partial charge in [-0.1, -0.05) is 54.6 Å². The maximum atomic E-state index is 13.0. The van der Waals surface area contributed by atoms with Crippen molar-refractivity contribution in [2.75, 3.05) is 6.54 Å². The van der Waals surface area contributed by atoms with Crippen LogP contribution in [0.5, 0.6) is 0 Å². The van der Waals surface area contributed by atoms with E-state index >= 15 is 0 Å². The molecule has 0 bridgehead atoms. The molecule has 2 aromatic rings. The van der Waals surface area contributed by atoms with Crippen LogP contribution >= 0.6 is 0 Å². The first-order chi connectivity index (χ1) is 12.6. The van der Waals surface area contributed by atoms with E-state index in [4.69, 9.17) is 4.74 Å². The second-order valence-corrected chi connectivity index (χ2v) is 6.20. The standard InChI is InChI=1S/C21H20FNO3/c22-18-9-6-16(7-10-18)8-11-19-14-20(24)12-13-23(19)21(25)26-15-17-4-2-1-3-5-17/h1-11,19H,12-15H2/b11-8+/t19-/m0/s1. The van der Waals surface area contributed by atoms with E-state index < -0.39 is 6.09 Å². The van der Waals surface area contributed by atoms with Crippen LogP contribution in [0, 0.1) is 5.82 Å². The first-order valence-corrected chi connectivity index (χ1v) is 8.54. The summed E-state index contributed by atoms with van der Waals surface area (Å²) in [6, 6.07) is 15.1. The number of likely N-dealkylation sites (tertiary alicyclic amines) is 1. The van der Waals surface area contributed by atoms with Crippen molar-refractivity contribution in [3.05, 3.63) is 77.6 Å². The molecular weight excluding hydrogens is 333 g/mol. The summed E-state index contributed by atoms with van der Waals surface area (Å²) < 4.78 is 18.4. The maximum Gasteiger partial charge on any atom is 0.410 e. The van der Waals surface area contributed by atoms with Gasteiger partial charge in [-0.05, 0) is 23.3 Å². The minimum absolute atomic E-state index is 0.117. The number of hydrogen-bond donors (Lipinski definition) is 0. The summed E-state index contributed by atoms with van der Waals surface area (Å²) >= 11 is 0. The third-order valence-corrected chi connectivity index (χ3v) is 4.29. The summed E-state index contributed by atoms with van der Waals surface area (Å²) in [7, 11) is 0. The number of carbonyl (C=O) groups is 2. The molecule has 1 heterocycles. The molecule has 1 atom stereocenters. The zero-order valence-corrected chi connectivity index (χ0v) is 14.3. The van der Waals surface area contributed by atoms with Gasteiger partial charge >= 0.3 is 6.09 Å². The number of nitrogens with zero attached hydrogens (tertiary/aromatic N) is 1. The zero-order valence-electron chi connectivity index (χ0n) is 14.3. The van der Waals surface area contributed by atoms with Crippen LogP contribution in [0.1, 0.15) is 24.0 Å². The Balaban J connectivity index is 1.66. The second kappa shape index (κ2) is 8.43. The number of carbonyl (C=O) groups excluding carboxylic acids is 2. The minimum atomic E-state index is -0.435. The van der Waals surface area contributed by atoms with Gasteiger partial charge in [0.25, 0.3) is 0 Å². The highest BCUT2D eigenvalue weighted by Crippen LogP contribution is 2.19. The van der Waals surface area contributed by atoms with Crippen LogP contribution in [0.3, 0.4) is 0 Å². The Morgan fingerprint density at radius 3 is 2.62 bits per heavy atom. The lowest BCUT2D eigenvalue weighted by Crippen LogP contribution is -2.45. The maximum absolute atomic E-state index is 13.0. The molecule has 0 aliphatic carbocycles. The molecule has 1 amide bonds. The van der Waals surface area contributed by atoms with E-state index in [2.05, 4.69) is 0 Å². The van der Waals surface area contributed by atoms with Gasteiger partial charge in [-0.15, -0.1) is 0 Å². The average molecular weight is 353 g/mol. The molecule has 0 unspecified atom stereocenters. The van der Waals surface area contributed by atoms with E-state index in [-0.39, 0.29) is 30.7 Å². The molecule has 1 fully saturated rings. The SMILES string of the molecule is O=C1CCN(C(=O)OCc2ccccc2)[C@@H](/C=C/c2ccc(F)cc2)C1. The summed E-state index contributed by atoms with van der Waals surface area (Å²) in [5.74, 6) is -0.188. The van der Waals surface area contributed by atoms with Crippen LogP contribution in [-0.4, -0.2) is 29.4 Å². The number of piperidine rings is 1. The largest absolute Gasteiger partial charge is 0.445 e. The van der Waals surface area contributed by atoms with Crippen molar-refractivity contribution in [2.24, 2.45) is 0 Å². The molecule has 0 radical (unpaired) electrons. The van der Waals surface area contributed by atoms with Gasteiger partial charge in [-0.25, -0.2) is 9.18 Å². The lowest BCUT2D eigenvalue weighted by atomic mass is 10.00. The van der Waals surface area contributed by atoms with Crippen LogP contribution in [0.15, 0.2) is 60.7 Å². The third-order valence-electron chi connectivity index (χ3n) is 4.29. The molecule has 0 aromatic heterocycles. The normalized spacial score (nSPS) is 17.5. The van der Waals surface area contributed by atoms with Gasteiger partial charge in [0.1, 0.15) is 18.2 Å². The second-order valence-electron chi connectivity index (χ2n) is 6.20. The Morgan fingerprint density at radius 1 is 1.15 bits per heavy atom.